The molecule has 0 aliphatic rings. The highest BCUT2D eigenvalue weighted by atomic mass is 35.5. The molecule has 2 aromatic carbocycles. The van der Waals surface area contributed by atoms with Crippen LogP contribution in [0.15, 0.2) is 48.5 Å². The Morgan fingerprint density at radius 3 is 2.26 bits per heavy atom. The number of anilines is 1. The fourth-order valence-corrected chi connectivity index (χ4v) is 2.26. The molecule has 0 unspecified atom stereocenters. The van der Waals surface area contributed by atoms with Gasteiger partial charge < -0.3 is 15.4 Å². The topological polar surface area (TPSA) is 55.6 Å². The Bertz CT molecular complexity index is 612. The van der Waals surface area contributed by atoms with Crippen molar-refractivity contribution in [2.24, 2.45) is 0 Å². The van der Waals surface area contributed by atoms with E-state index in [0.29, 0.717) is 11.3 Å². The van der Waals surface area contributed by atoms with Crippen LogP contribution in [0.1, 0.15) is 22.3 Å². The molecule has 2 N–H and O–H groups in total. The number of amides is 1. The number of nitrogen functional groups attached to an aromatic ring is 1. The second-order valence-corrected chi connectivity index (χ2v) is 5.30. The number of hydrogen-bond acceptors (Lipinski definition) is 3. The minimum atomic E-state index is 0. The molecule has 124 valence electrons. The van der Waals surface area contributed by atoms with E-state index in [2.05, 4.69) is 12.1 Å². The first-order chi connectivity index (χ1) is 10.6. The van der Waals surface area contributed by atoms with Crippen LogP contribution < -0.4 is 10.5 Å². The second kappa shape index (κ2) is 9.06. The largest absolute Gasteiger partial charge is 0.497 e. The molecular weight excluding hydrogens is 312 g/mol. The van der Waals surface area contributed by atoms with E-state index in [1.807, 2.05) is 19.2 Å². The van der Waals surface area contributed by atoms with Crippen molar-refractivity contribution in [3.63, 3.8) is 0 Å². The SMILES string of the molecule is COc1ccc(CCCN(C)C(=O)c2ccc(N)cc2)cc1.Cl. The number of halogens is 1. The predicted molar refractivity (Wildman–Crippen MR) is 96.4 cm³/mol. The third kappa shape index (κ3) is 5.49. The minimum Gasteiger partial charge on any atom is -0.497 e. The van der Waals surface area contributed by atoms with E-state index in [1.165, 1.54) is 5.56 Å². The summed E-state index contributed by atoms with van der Waals surface area (Å²) in [4.78, 5) is 14.0. The van der Waals surface area contributed by atoms with Crippen LogP contribution in [0, 0.1) is 0 Å². The zero-order valence-electron chi connectivity index (χ0n) is 13.5. The molecule has 1 amide bonds. The molecule has 0 saturated heterocycles. The van der Waals surface area contributed by atoms with Gasteiger partial charge in [-0.2, -0.15) is 0 Å². The van der Waals surface area contributed by atoms with E-state index in [4.69, 9.17) is 10.5 Å². The lowest BCUT2D eigenvalue weighted by Gasteiger charge is -2.17. The zero-order chi connectivity index (χ0) is 15.9. The average molecular weight is 335 g/mol. The lowest BCUT2D eigenvalue weighted by molar-refractivity contribution is 0.0793. The summed E-state index contributed by atoms with van der Waals surface area (Å²) in [7, 11) is 3.49. The summed E-state index contributed by atoms with van der Waals surface area (Å²) in [5, 5.41) is 0. The number of aryl methyl sites for hydroxylation is 1. The summed E-state index contributed by atoms with van der Waals surface area (Å²) in [6, 6.07) is 15.0. The van der Waals surface area contributed by atoms with Crippen LogP contribution in [0.3, 0.4) is 0 Å². The van der Waals surface area contributed by atoms with Crippen LogP contribution >= 0.6 is 12.4 Å². The first kappa shape index (κ1) is 18.8. The van der Waals surface area contributed by atoms with Crippen molar-refractivity contribution in [1.82, 2.24) is 4.90 Å². The molecule has 0 radical (unpaired) electrons. The standard InChI is InChI=1S/C18H22N2O2.ClH/c1-20(18(21)15-7-9-16(19)10-8-15)13-3-4-14-5-11-17(22-2)12-6-14;/h5-12H,3-4,13,19H2,1-2H3;1H. The molecule has 5 heteroatoms. The van der Waals surface area contributed by atoms with Gasteiger partial charge >= 0.3 is 0 Å². The summed E-state index contributed by atoms with van der Waals surface area (Å²) >= 11 is 0. The Morgan fingerprint density at radius 2 is 1.70 bits per heavy atom. The van der Waals surface area contributed by atoms with Crippen molar-refractivity contribution < 1.29 is 9.53 Å². The van der Waals surface area contributed by atoms with Gasteiger partial charge in [-0.1, -0.05) is 12.1 Å². The molecule has 0 saturated carbocycles. The Hall–Kier alpha value is -2.20. The molecule has 0 bridgehead atoms. The van der Waals surface area contributed by atoms with Gasteiger partial charge in [0.2, 0.25) is 0 Å². The Balaban J connectivity index is 0.00000264. The van der Waals surface area contributed by atoms with Crippen molar-refractivity contribution in [3.8, 4) is 5.75 Å². The summed E-state index contributed by atoms with van der Waals surface area (Å²) in [5.74, 6) is 0.883. The average Bonchev–Trinajstić information content (AvgIpc) is 2.55. The number of carbonyl (C=O) groups excluding carboxylic acids is 1. The molecule has 0 heterocycles. The van der Waals surface area contributed by atoms with Crippen LogP contribution in [-0.4, -0.2) is 31.5 Å². The van der Waals surface area contributed by atoms with Crippen LogP contribution in [0.2, 0.25) is 0 Å². The highest BCUT2D eigenvalue weighted by Crippen LogP contribution is 2.13. The number of ether oxygens (including phenoxy) is 1. The van der Waals surface area contributed by atoms with Gasteiger partial charge in [-0.25, -0.2) is 0 Å². The van der Waals surface area contributed by atoms with E-state index in [9.17, 15) is 4.79 Å². The third-order valence-electron chi connectivity index (χ3n) is 3.62. The van der Waals surface area contributed by atoms with Crippen LogP contribution in [0.25, 0.3) is 0 Å². The lowest BCUT2D eigenvalue weighted by Crippen LogP contribution is -2.28. The molecule has 4 nitrogen and oxygen atoms in total. The maximum absolute atomic E-state index is 12.3. The summed E-state index contributed by atoms with van der Waals surface area (Å²) in [5.41, 5.74) is 8.21. The first-order valence-corrected chi connectivity index (χ1v) is 7.34. The Kier molecular flexibility index (Phi) is 7.42. The van der Waals surface area contributed by atoms with Gasteiger partial charge in [0, 0.05) is 24.8 Å². The second-order valence-electron chi connectivity index (χ2n) is 5.30. The maximum atomic E-state index is 12.3. The minimum absolute atomic E-state index is 0. The fraction of sp³-hybridized carbons (Fsp3) is 0.278. The summed E-state index contributed by atoms with van der Waals surface area (Å²) in [6.07, 6.45) is 1.85. The first-order valence-electron chi connectivity index (χ1n) is 7.34. The van der Waals surface area contributed by atoms with Crippen LogP contribution in [-0.2, 0) is 6.42 Å². The molecule has 2 rings (SSSR count). The fourth-order valence-electron chi connectivity index (χ4n) is 2.26. The normalized spacial score (nSPS) is 9.83. The third-order valence-corrected chi connectivity index (χ3v) is 3.62. The van der Waals surface area contributed by atoms with E-state index in [0.717, 1.165) is 25.1 Å². The zero-order valence-corrected chi connectivity index (χ0v) is 14.3. The number of carbonyl (C=O) groups is 1. The molecule has 2 aromatic rings. The molecule has 0 aliphatic heterocycles. The van der Waals surface area contributed by atoms with Crippen LogP contribution in [0.5, 0.6) is 5.75 Å². The summed E-state index contributed by atoms with van der Waals surface area (Å²) in [6.45, 7) is 0.717. The highest BCUT2D eigenvalue weighted by molar-refractivity contribution is 5.94. The lowest BCUT2D eigenvalue weighted by atomic mass is 10.1. The Labute approximate surface area is 143 Å². The van der Waals surface area contributed by atoms with Gasteiger partial charge in [-0.05, 0) is 54.8 Å². The molecular formula is C18H23ClN2O2. The van der Waals surface area contributed by atoms with E-state index in [-0.39, 0.29) is 18.3 Å². The van der Waals surface area contributed by atoms with Crippen molar-refractivity contribution in [1.29, 1.82) is 0 Å². The molecule has 0 fully saturated rings. The van der Waals surface area contributed by atoms with Crippen molar-refractivity contribution in [2.75, 3.05) is 26.4 Å². The monoisotopic (exact) mass is 334 g/mol. The van der Waals surface area contributed by atoms with Crippen molar-refractivity contribution in [3.05, 3.63) is 59.7 Å². The molecule has 0 atom stereocenters. The number of hydrogen-bond donors (Lipinski definition) is 1. The van der Waals surface area contributed by atoms with E-state index < -0.39 is 0 Å². The highest BCUT2D eigenvalue weighted by Gasteiger charge is 2.10. The number of methoxy groups -OCH3 is 1. The predicted octanol–water partition coefficient (Wildman–Crippen LogP) is 3.40. The molecule has 23 heavy (non-hydrogen) atoms. The van der Waals surface area contributed by atoms with Crippen molar-refractivity contribution >= 4 is 24.0 Å². The molecule has 0 aromatic heterocycles. The smallest absolute Gasteiger partial charge is 0.253 e. The summed E-state index contributed by atoms with van der Waals surface area (Å²) < 4.78 is 5.14. The quantitative estimate of drug-likeness (QED) is 0.824. The van der Waals surface area contributed by atoms with E-state index in [1.54, 1.807) is 36.3 Å². The number of rotatable bonds is 6. The molecule has 0 aliphatic carbocycles. The maximum Gasteiger partial charge on any atom is 0.253 e. The van der Waals surface area contributed by atoms with Gasteiger partial charge in [0.1, 0.15) is 5.75 Å². The van der Waals surface area contributed by atoms with Crippen molar-refractivity contribution in [2.45, 2.75) is 12.8 Å². The van der Waals surface area contributed by atoms with Gasteiger partial charge in [0.25, 0.3) is 5.91 Å². The van der Waals surface area contributed by atoms with Crippen LogP contribution in [0.4, 0.5) is 5.69 Å². The molecule has 0 spiro atoms. The van der Waals surface area contributed by atoms with Gasteiger partial charge in [-0.3, -0.25) is 4.79 Å². The Morgan fingerprint density at radius 1 is 1.09 bits per heavy atom. The van der Waals surface area contributed by atoms with E-state index >= 15 is 0 Å². The van der Waals surface area contributed by atoms with Gasteiger partial charge in [0.15, 0.2) is 0 Å². The number of nitrogens with two attached hydrogens (primary N) is 1. The van der Waals surface area contributed by atoms with Gasteiger partial charge in [-0.15, -0.1) is 12.4 Å². The number of nitrogens with zero attached hydrogens (tertiary/aromatic N) is 1. The van der Waals surface area contributed by atoms with Gasteiger partial charge in [0.05, 0.1) is 7.11 Å². The number of benzene rings is 2.